The minimum Gasteiger partial charge on any atom is -0.381 e. The molecule has 0 bridgehead atoms. The molecule has 3 fully saturated rings. The van der Waals surface area contributed by atoms with Crippen LogP contribution >= 0.6 is 0 Å². The highest BCUT2D eigenvalue weighted by Gasteiger charge is 2.27. The van der Waals surface area contributed by atoms with E-state index < -0.39 is 0 Å². The van der Waals surface area contributed by atoms with E-state index in [0.29, 0.717) is 24.1 Å². The molecule has 0 radical (unpaired) electrons. The minimum absolute atomic E-state index is 0.390. The van der Waals surface area contributed by atoms with Crippen LogP contribution in [0.5, 0.6) is 0 Å². The number of fused-ring (bicyclic) bond motifs is 1. The third kappa shape index (κ3) is 5.00. The van der Waals surface area contributed by atoms with Crippen molar-refractivity contribution in [2.75, 3.05) is 50.2 Å². The molecule has 0 amide bonds. The summed E-state index contributed by atoms with van der Waals surface area (Å²) < 4.78 is 15.2. The second-order valence-electron chi connectivity index (χ2n) is 10.0. The Hall–Kier alpha value is -2.69. The van der Waals surface area contributed by atoms with Crippen molar-refractivity contribution >= 4 is 28.5 Å². The zero-order valence-corrected chi connectivity index (χ0v) is 20.5. The normalized spacial score (nSPS) is 24.6. The molecular formula is C25H36N8O2. The minimum atomic E-state index is 0.390. The van der Waals surface area contributed by atoms with Gasteiger partial charge in [0, 0.05) is 57.8 Å². The molecule has 2 aliphatic heterocycles. The van der Waals surface area contributed by atoms with Crippen LogP contribution in [0.4, 0.5) is 17.5 Å². The lowest BCUT2D eigenvalue weighted by Crippen LogP contribution is -2.46. The number of hydrogen-bond acceptors (Lipinski definition) is 8. The Morgan fingerprint density at radius 2 is 1.69 bits per heavy atom. The Labute approximate surface area is 206 Å². The quantitative estimate of drug-likeness (QED) is 0.555. The summed E-state index contributed by atoms with van der Waals surface area (Å²) in [5.74, 6) is 1.50. The Bertz CT molecular complexity index is 1120. The monoisotopic (exact) mass is 480 g/mol. The summed E-state index contributed by atoms with van der Waals surface area (Å²) in [5.41, 5.74) is 2.89. The fourth-order valence-electron chi connectivity index (χ4n) is 5.75. The van der Waals surface area contributed by atoms with E-state index in [4.69, 9.17) is 19.4 Å². The zero-order chi connectivity index (χ0) is 23.6. The molecule has 1 aliphatic carbocycles. The van der Waals surface area contributed by atoms with Gasteiger partial charge in [-0.05, 0) is 44.6 Å². The van der Waals surface area contributed by atoms with Crippen LogP contribution in [0.15, 0.2) is 24.7 Å². The van der Waals surface area contributed by atoms with Gasteiger partial charge >= 0.3 is 0 Å². The number of rotatable bonds is 6. The maximum Gasteiger partial charge on any atom is 0.229 e. The van der Waals surface area contributed by atoms with Crippen LogP contribution in [0, 0.1) is 0 Å². The lowest BCUT2D eigenvalue weighted by molar-refractivity contribution is 0.00791. The van der Waals surface area contributed by atoms with Gasteiger partial charge in [-0.3, -0.25) is 9.58 Å². The molecule has 6 rings (SSSR count). The van der Waals surface area contributed by atoms with E-state index in [1.54, 1.807) is 0 Å². The van der Waals surface area contributed by atoms with Crippen molar-refractivity contribution in [3.8, 4) is 0 Å². The molecule has 1 saturated carbocycles. The van der Waals surface area contributed by atoms with Crippen LogP contribution in [0.25, 0.3) is 11.0 Å². The van der Waals surface area contributed by atoms with E-state index in [-0.39, 0.29) is 0 Å². The number of anilines is 3. The second kappa shape index (κ2) is 10.1. The molecule has 188 valence electrons. The van der Waals surface area contributed by atoms with Crippen molar-refractivity contribution in [2.24, 2.45) is 7.05 Å². The molecule has 10 nitrogen and oxygen atoms in total. The van der Waals surface area contributed by atoms with Crippen molar-refractivity contribution in [3.63, 3.8) is 0 Å². The molecule has 0 aromatic carbocycles. The van der Waals surface area contributed by atoms with Crippen molar-refractivity contribution in [3.05, 3.63) is 24.7 Å². The predicted molar refractivity (Wildman–Crippen MR) is 135 cm³/mol. The Morgan fingerprint density at radius 1 is 0.914 bits per heavy atom. The zero-order valence-electron chi connectivity index (χ0n) is 20.5. The molecule has 3 aromatic heterocycles. The summed E-state index contributed by atoms with van der Waals surface area (Å²) in [6.45, 7) is 5.47. The Balaban J connectivity index is 1.15. The molecule has 0 atom stereocenters. The van der Waals surface area contributed by atoms with E-state index in [1.165, 1.54) is 12.8 Å². The summed E-state index contributed by atoms with van der Waals surface area (Å²) in [4.78, 5) is 12.3. The number of hydrogen-bond donors (Lipinski definition) is 2. The summed E-state index contributed by atoms with van der Waals surface area (Å²) in [5, 5.41) is 11.7. The molecule has 2 saturated heterocycles. The van der Waals surface area contributed by atoms with E-state index >= 15 is 0 Å². The predicted octanol–water partition coefficient (Wildman–Crippen LogP) is 3.32. The highest BCUT2D eigenvalue weighted by molar-refractivity contribution is 5.88. The van der Waals surface area contributed by atoms with Crippen molar-refractivity contribution in [1.82, 2.24) is 29.2 Å². The first-order valence-electron chi connectivity index (χ1n) is 13.0. The topological polar surface area (TPSA) is 94.3 Å². The molecule has 5 heterocycles. The fraction of sp³-hybridized carbons (Fsp3) is 0.640. The number of aryl methyl sites for hydroxylation is 1. The third-order valence-corrected chi connectivity index (χ3v) is 7.74. The maximum atomic E-state index is 5.53. The first-order chi connectivity index (χ1) is 17.2. The van der Waals surface area contributed by atoms with E-state index in [2.05, 4.69) is 38.4 Å². The SMILES string of the molecule is Cn1ccc2nc(Nc3cnn(C4CCOCC4)c3)nc(N[C@H]3CC[C@H](N4CCOCC4)CC3)c21. The standard InChI is InChI=1S/C25H36N8O2/c1-31-9-6-22-23(31)24(27-18-2-4-20(5-3-18)32-10-14-35-15-11-32)30-25(29-22)28-19-16-26-33(17-19)21-7-12-34-13-8-21/h6,9,16-18,20-21H,2-5,7-8,10-15H2,1H3,(H2,27,28,29,30)/t18-,20-. The number of nitrogens with one attached hydrogen (secondary N) is 2. The summed E-state index contributed by atoms with van der Waals surface area (Å²) in [7, 11) is 2.05. The van der Waals surface area contributed by atoms with Crippen molar-refractivity contribution < 1.29 is 9.47 Å². The van der Waals surface area contributed by atoms with Gasteiger partial charge in [0.15, 0.2) is 5.82 Å². The van der Waals surface area contributed by atoms with Gasteiger partial charge < -0.3 is 24.7 Å². The number of aromatic nitrogens is 5. The first kappa shape index (κ1) is 22.8. The van der Waals surface area contributed by atoms with Crippen LogP contribution in [0.2, 0.25) is 0 Å². The van der Waals surface area contributed by atoms with Gasteiger partial charge in [0.1, 0.15) is 5.52 Å². The van der Waals surface area contributed by atoms with Crippen LogP contribution in [0.3, 0.4) is 0 Å². The number of ether oxygens (including phenoxy) is 2. The third-order valence-electron chi connectivity index (χ3n) is 7.74. The number of morpholine rings is 1. The molecule has 10 heteroatoms. The van der Waals surface area contributed by atoms with Gasteiger partial charge in [-0.2, -0.15) is 10.1 Å². The van der Waals surface area contributed by atoms with Gasteiger partial charge in [-0.25, -0.2) is 4.98 Å². The Morgan fingerprint density at radius 3 is 2.49 bits per heavy atom. The van der Waals surface area contributed by atoms with Crippen LogP contribution in [-0.4, -0.2) is 80.8 Å². The molecule has 3 aliphatic rings. The van der Waals surface area contributed by atoms with Crippen molar-refractivity contribution in [2.45, 2.75) is 56.7 Å². The molecular weight excluding hydrogens is 444 g/mol. The molecule has 35 heavy (non-hydrogen) atoms. The maximum absolute atomic E-state index is 5.53. The highest BCUT2D eigenvalue weighted by Crippen LogP contribution is 2.30. The van der Waals surface area contributed by atoms with Crippen LogP contribution in [0.1, 0.15) is 44.6 Å². The average molecular weight is 481 g/mol. The Kier molecular flexibility index (Phi) is 6.58. The van der Waals surface area contributed by atoms with Crippen molar-refractivity contribution in [1.29, 1.82) is 0 Å². The van der Waals surface area contributed by atoms with E-state index in [9.17, 15) is 0 Å². The van der Waals surface area contributed by atoms with Gasteiger partial charge in [0.25, 0.3) is 0 Å². The highest BCUT2D eigenvalue weighted by atomic mass is 16.5. The summed E-state index contributed by atoms with van der Waals surface area (Å²) in [6.07, 6.45) is 12.7. The van der Waals surface area contributed by atoms with Gasteiger partial charge in [-0.1, -0.05) is 0 Å². The van der Waals surface area contributed by atoms with Gasteiger partial charge in [0.05, 0.1) is 36.7 Å². The van der Waals surface area contributed by atoms with Crippen LogP contribution < -0.4 is 10.6 Å². The smallest absolute Gasteiger partial charge is 0.229 e. The van der Waals surface area contributed by atoms with E-state index in [0.717, 1.165) is 87.7 Å². The fourth-order valence-corrected chi connectivity index (χ4v) is 5.75. The molecule has 0 unspecified atom stereocenters. The van der Waals surface area contributed by atoms with Gasteiger partial charge in [-0.15, -0.1) is 0 Å². The van der Waals surface area contributed by atoms with Crippen LogP contribution in [-0.2, 0) is 16.5 Å². The average Bonchev–Trinajstić information content (AvgIpc) is 3.52. The molecule has 2 N–H and O–H groups in total. The summed E-state index contributed by atoms with van der Waals surface area (Å²) >= 11 is 0. The molecule has 3 aromatic rings. The first-order valence-corrected chi connectivity index (χ1v) is 13.0. The molecule has 0 spiro atoms. The lowest BCUT2D eigenvalue weighted by atomic mass is 9.90. The lowest BCUT2D eigenvalue weighted by Gasteiger charge is -2.39. The van der Waals surface area contributed by atoms with E-state index in [1.807, 2.05) is 23.1 Å². The largest absolute Gasteiger partial charge is 0.381 e. The van der Waals surface area contributed by atoms with Gasteiger partial charge in [0.2, 0.25) is 5.95 Å². The second-order valence-corrected chi connectivity index (χ2v) is 10.0. The number of nitrogens with zero attached hydrogens (tertiary/aromatic N) is 6. The summed E-state index contributed by atoms with van der Waals surface area (Å²) in [6, 6.07) is 3.54.